The molecule has 1 aliphatic carbocycles. The number of fused-ring (bicyclic) bond motifs is 1. The van der Waals surface area contributed by atoms with E-state index < -0.39 is 16.8 Å². The summed E-state index contributed by atoms with van der Waals surface area (Å²) in [5, 5.41) is 15.5. The zero-order chi connectivity index (χ0) is 27.8. The van der Waals surface area contributed by atoms with Crippen LogP contribution in [-0.4, -0.2) is 36.7 Å². The van der Waals surface area contributed by atoms with Gasteiger partial charge in [-0.15, -0.1) is 0 Å². The van der Waals surface area contributed by atoms with Crippen LogP contribution in [0.2, 0.25) is 0 Å². The van der Waals surface area contributed by atoms with Crippen LogP contribution < -0.4 is 19.5 Å². The maximum atomic E-state index is 13.9. The Kier molecular flexibility index (Phi) is 7.03. The summed E-state index contributed by atoms with van der Waals surface area (Å²) in [5.74, 6) is -0.642. The number of rotatable bonds is 7. The number of esters is 1. The highest BCUT2D eigenvalue weighted by Gasteiger charge is 2.44. The van der Waals surface area contributed by atoms with Gasteiger partial charge in [0.2, 0.25) is 6.79 Å². The molecule has 0 unspecified atom stereocenters. The largest absolute Gasteiger partial charge is 0.497 e. The van der Waals surface area contributed by atoms with E-state index in [-0.39, 0.29) is 53.6 Å². The molecule has 0 aromatic heterocycles. The third kappa shape index (κ3) is 4.82. The maximum absolute atomic E-state index is 13.9. The first-order chi connectivity index (χ1) is 18.7. The number of nitro groups is 1. The lowest BCUT2D eigenvalue weighted by atomic mass is 9.71. The first-order valence-corrected chi connectivity index (χ1v) is 12.9. The minimum absolute atomic E-state index is 0.0731. The molecule has 0 radical (unpaired) electrons. The Morgan fingerprint density at radius 1 is 1.18 bits per heavy atom. The lowest BCUT2D eigenvalue weighted by Crippen LogP contribution is -2.36. The van der Waals surface area contributed by atoms with Gasteiger partial charge in [-0.05, 0) is 56.4 Å². The number of ketones is 1. The topological polar surface area (TPSA) is 126 Å². The summed E-state index contributed by atoms with van der Waals surface area (Å²) >= 11 is 0. The Morgan fingerprint density at radius 2 is 1.87 bits per heavy atom. The molecule has 10 nitrogen and oxygen atoms in total. The van der Waals surface area contributed by atoms with E-state index in [0.29, 0.717) is 35.6 Å². The summed E-state index contributed by atoms with van der Waals surface area (Å²) in [4.78, 5) is 39.1. The molecule has 0 fully saturated rings. The molecule has 2 heterocycles. The number of carbonyl (C=O) groups is 2. The second-order valence-electron chi connectivity index (χ2n) is 9.94. The van der Waals surface area contributed by atoms with Crippen molar-refractivity contribution in [3.63, 3.8) is 0 Å². The highest BCUT2D eigenvalue weighted by Crippen LogP contribution is 2.50. The number of Topliss-reactive ketones (excluding diaryl/α,β-unsaturated/α-hetero) is 1. The van der Waals surface area contributed by atoms with E-state index in [1.165, 1.54) is 12.1 Å². The van der Waals surface area contributed by atoms with Crippen LogP contribution in [0.15, 0.2) is 58.9 Å². The van der Waals surface area contributed by atoms with Crippen molar-refractivity contribution in [1.82, 2.24) is 5.32 Å². The first kappa shape index (κ1) is 26.3. The van der Waals surface area contributed by atoms with Gasteiger partial charge in [0, 0.05) is 29.0 Å². The lowest BCUT2D eigenvalue weighted by molar-refractivity contribution is -0.385. The van der Waals surface area contributed by atoms with Gasteiger partial charge >= 0.3 is 5.97 Å². The van der Waals surface area contributed by atoms with E-state index in [9.17, 15) is 19.7 Å². The zero-order valence-corrected chi connectivity index (χ0v) is 22.2. The van der Waals surface area contributed by atoms with E-state index in [1.807, 2.05) is 31.2 Å². The van der Waals surface area contributed by atoms with Crippen LogP contribution in [0.4, 0.5) is 5.69 Å². The van der Waals surface area contributed by atoms with Crippen LogP contribution in [0.1, 0.15) is 63.0 Å². The normalized spacial score (nSPS) is 20.8. The summed E-state index contributed by atoms with van der Waals surface area (Å²) in [5.41, 5.74) is 2.54. The Morgan fingerprint density at radius 3 is 2.51 bits per heavy atom. The third-order valence-electron chi connectivity index (χ3n) is 7.55. The van der Waals surface area contributed by atoms with Crippen LogP contribution in [0.3, 0.4) is 0 Å². The summed E-state index contributed by atoms with van der Waals surface area (Å²) in [7, 11) is 1.59. The van der Waals surface area contributed by atoms with Gasteiger partial charge in [-0.25, -0.2) is 4.79 Å². The second kappa shape index (κ2) is 10.4. The molecule has 2 aliphatic heterocycles. The predicted octanol–water partition coefficient (Wildman–Crippen LogP) is 5.04. The van der Waals surface area contributed by atoms with Crippen molar-refractivity contribution in [3.05, 3.63) is 80.2 Å². The van der Waals surface area contributed by atoms with Crippen molar-refractivity contribution < 1.29 is 33.5 Å². The number of benzene rings is 2. The standard InChI is InChI=1S/C29H30N2O8/c1-5-15(2)39-29(33)26-16(3)30-21-10-18(17-6-8-19(36-4)9-7-17)11-23(32)28(21)27(26)20-12-24-25(38-14-37-24)13-22(20)31(34)35/h6-9,12-13,15,18,27,30H,5,10-11,14H2,1-4H3/t15-,18-,27-/m0/s1. The molecule has 0 spiro atoms. The number of hydrogen-bond acceptors (Lipinski definition) is 9. The number of nitrogens with one attached hydrogen (secondary N) is 1. The molecule has 2 aromatic carbocycles. The molecule has 2 aromatic rings. The van der Waals surface area contributed by atoms with Gasteiger partial charge in [0.15, 0.2) is 17.3 Å². The van der Waals surface area contributed by atoms with Crippen molar-refractivity contribution in [2.24, 2.45) is 0 Å². The number of nitrogens with zero attached hydrogens (tertiary/aromatic N) is 1. The van der Waals surface area contributed by atoms with E-state index in [0.717, 1.165) is 11.3 Å². The molecular formula is C29H30N2O8. The number of ether oxygens (including phenoxy) is 4. The van der Waals surface area contributed by atoms with Crippen molar-refractivity contribution in [2.75, 3.05) is 13.9 Å². The number of allylic oxidation sites excluding steroid dienone is 3. The van der Waals surface area contributed by atoms with Crippen LogP contribution in [0, 0.1) is 10.1 Å². The van der Waals surface area contributed by atoms with Gasteiger partial charge in [0.1, 0.15) is 5.75 Å². The van der Waals surface area contributed by atoms with Gasteiger partial charge in [-0.2, -0.15) is 0 Å². The van der Waals surface area contributed by atoms with Crippen LogP contribution in [0.25, 0.3) is 0 Å². The van der Waals surface area contributed by atoms with E-state index in [1.54, 1.807) is 21.0 Å². The van der Waals surface area contributed by atoms with Crippen LogP contribution in [0.5, 0.6) is 17.2 Å². The average molecular weight is 535 g/mol. The third-order valence-corrected chi connectivity index (χ3v) is 7.55. The maximum Gasteiger partial charge on any atom is 0.337 e. The van der Waals surface area contributed by atoms with Crippen molar-refractivity contribution in [1.29, 1.82) is 0 Å². The minimum atomic E-state index is -1.00. The number of methoxy groups -OCH3 is 1. The number of hydrogen-bond donors (Lipinski definition) is 1. The van der Waals surface area contributed by atoms with E-state index in [2.05, 4.69) is 5.32 Å². The minimum Gasteiger partial charge on any atom is -0.497 e. The SMILES string of the molecule is CC[C@H](C)OC(=O)C1=C(C)NC2=C(C(=O)C[C@@H](c3ccc(OC)cc3)C2)[C@H]1c1cc2c(cc1[N+](=O)[O-])OCO2. The van der Waals surface area contributed by atoms with Gasteiger partial charge in [-0.3, -0.25) is 14.9 Å². The molecule has 0 saturated carbocycles. The Hall–Kier alpha value is -4.34. The second-order valence-corrected chi connectivity index (χ2v) is 9.94. The molecular weight excluding hydrogens is 504 g/mol. The van der Waals surface area contributed by atoms with E-state index in [4.69, 9.17) is 18.9 Å². The van der Waals surface area contributed by atoms with Gasteiger partial charge in [0.25, 0.3) is 5.69 Å². The first-order valence-electron chi connectivity index (χ1n) is 12.9. The fourth-order valence-electron chi connectivity index (χ4n) is 5.40. The summed E-state index contributed by atoms with van der Waals surface area (Å²) in [6.07, 6.45) is 0.903. The number of nitro benzene ring substituents is 1. The van der Waals surface area contributed by atoms with Crippen molar-refractivity contribution in [2.45, 2.75) is 58.0 Å². The smallest absolute Gasteiger partial charge is 0.337 e. The highest BCUT2D eigenvalue weighted by atomic mass is 16.7. The Bertz CT molecular complexity index is 1410. The molecule has 10 heteroatoms. The lowest BCUT2D eigenvalue weighted by Gasteiger charge is -2.36. The van der Waals surface area contributed by atoms with Gasteiger partial charge in [0.05, 0.1) is 35.7 Å². The molecule has 204 valence electrons. The van der Waals surface area contributed by atoms with Gasteiger partial charge in [-0.1, -0.05) is 19.1 Å². The van der Waals surface area contributed by atoms with E-state index >= 15 is 0 Å². The fraction of sp³-hybridized carbons (Fsp3) is 0.379. The molecule has 5 rings (SSSR count). The molecule has 3 aliphatic rings. The van der Waals surface area contributed by atoms with Crippen molar-refractivity contribution in [3.8, 4) is 17.2 Å². The molecule has 39 heavy (non-hydrogen) atoms. The average Bonchev–Trinajstić information content (AvgIpc) is 3.39. The monoisotopic (exact) mass is 534 g/mol. The molecule has 0 bridgehead atoms. The zero-order valence-electron chi connectivity index (χ0n) is 22.2. The van der Waals surface area contributed by atoms with Crippen molar-refractivity contribution >= 4 is 17.4 Å². The quantitative estimate of drug-likeness (QED) is 0.295. The Balaban J connectivity index is 1.64. The summed E-state index contributed by atoms with van der Waals surface area (Å²) in [6.45, 7) is 5.32. The molecule has 0 saturated heterocycles. The summed E-state index contributed by atoms with van der Waals surface area (Å²) < 4.78 is 21.8. The number of dihydropyridines is 1. The van der Waals surface area contributed by atoms with Crippen LogP contribution >= 0.6 is 0 Å². The van der Waals surface area contributed by atoms with Crippen LogP contribution in [-0.2, 0) is 14.3 Å². The molecule has 0 amide bonds. The van der Waals surface area contributed by atoms with Gasteiger partial charge < -0.3 is 24.3 Å². The molecule has 3 atom stereocenters. The Labute approximate surface area is 225 Å². The predicted molar refractivity (Wildman–Crippen MR) is 141 cm³/mol. The highest BCUT2D eigenvalue weighted by molar-refractivity contribution is 6.04. The fourth-order valence-corrected chi connectivity index (χ4v) is 5.40. The molecule has 1 N–H and O–H groups in total. The summed E-state index contributed by atoms with van der Waals surface area (Å²) in [6, 6.07) is 10.4. The number of carbonyl (C=O) groups excluding carboxylic acids is 2.